The number of benzene rings is 3. The van der Waals surface area contributed by atoms with Crippen LogP contribution in [0, 0.1) is 20.8 Å². The number of hydrogen-bond acceptors (Lipinski definition) is 3. The lowest BCUT2D eigenvalue weighted by molar-refractivity contribution is 0.201. The molecule has 1 aromatic heterocycles. The average Bonchev–Trinajstić information content (AvgIpc) is 3.06. The van der Waals surface area contributed by atoms with E-state index in [4.69, 9.17) is 9.72 Å². The van der Waals surface area contributed by atoms with E-state index >= 15 is 0 Å². The van der Waals surface area contributed by atoms with Crippen LogP contribution < -0.4 is 4.74 Å². The van der Waals surface area contributed by atoms with Gasteiger partial charge in [0, 0.05) is 0 Å². The van der Waals surface area contributed by atoms with Crippen molar-refractivity contribution in [3.05, 3.63) is 94.8 Å². The first-order valence-electron chi connectivity index (χ1n) is 9.93. The van der Waals surface area contributed by atoms with Crippen molar-refractivity contribution in [1.82, 2.24) is 9.55 Å². The number of aliphatic hydroxyl groups is 1. The minimum absolute atomic E-state index is 0.496. The fourth-order valence-corrected chi connectivity index (χ4v) is 3.59. The molecule has 4 heteroatoms. The zero-order valence-electron chi connectivity index (χ0n) is 17.1. The Kier molecular flexibility index (Phi) is 5.36. The second kappa shape index (κ2) is 8.10. The zero-order valence-corrected chi connectivity index (χ0v) is 17.1. The maximum atomic E-state index is 11.0. The number of aromatic nitrogens is 2. The summed E-state index contributed by atoms with van der Waals surface area (Å²) in [5, 5.41) is 11.0. The Hall–Kier alpha value is -3.11. The Labute approximate surface area is 171 Å². The Balaban J connectivity index is 1.68. The van der Waals surface area contributed by atoms with Gasteiger partial charge in [0.15, 0.2) is 0 Å². The van der Waals surface area contributed by atoms with Gasteiger partial charge in [-0.2, -0.15) is 0 Å². The maximum Gasteiger partial charge on any atom is 0.143 e. The highest BCUT2D eigenvalue weighted by Crippen LogP contribution is 2.27. The standard InChI is InChI=1S/C25H26N2O2/c1-17-8-7-11-21(14-17)29-13-12-27-23-16-19(3)18(2)15-22(23)26-25(27)24(28)20-9-5-4-6-10-20/h4-11,14-16,24,28H,12-13H2,1-3H3. The van der Waals surface area contributed by atoms with Crippen molar-refractivity contribution in [3.8, 4) is 5.75 Å². The van der Waals surface area contributed by atoms with E-state index in [0.29, 0.717) is 19.0 Å². The van der Waals surface area contributed by atoms with Gasteiger partial charge < -0.3 is 14.4 Å². The van der Waals surface area contributed by atoms with Gasteiger partial charge in [-0.1, -0.05) is 42.5 Å². The molecule has 1 heterocycles. The number of fused-ring (bicyclic) bond motifs is 1. The molecule has 0 aliphatic carbocycles. The SMILES string of the molecule is Cc1cccc(OCCn2c(C(O)c3ccccc3)nc3cc(C)c(C)cc32)c1. The van der Waals surface area contributed by atoms with Crippen LogP contribution in [0.15, 0.2) is 66.7 Å². The molecule has 0 radical (unpaired) electrons. The normalized spacial score (nSPS) is 12.3. The van der Waals surface area contributed by atoms with Crippen molar-refractivity contribution < 1.29 is 9.84 Å². The molecule has 0 amide bonds. The Morgan fingerprint density at radius 2 is 1.69 bits per heavy atom. The van der Waals surface area contributed by atoms with Gasteiger partial charge in [0.25, 0.3) is 0 Å². The topological polar surface area (TPSA) is 47.3 Å². The fourth-order valence-electron chi connectivity index (χ4n) is 3.59. The molecule has 0 saturated heterocycles. The number of hydrogen-bond donors (Lipinski definition) is 1. The molecule has 0 aliphatic heterocycles. The van der Waals surface area contributed by atoms with E-state index in [0.717, 1.165) is 22.3 Å². The first kappa shape index (κ1) is 19.2. The van der Waals surface area contributed by atoms with E-state index < -0.39 is 6.10 Å². The Morgan fingerprint density at radius 3 is 2.45 bits per heavy atom. The number of aryl methyl sites for hydroxylation is 3. The molecule has 4 aromatic rings. The van der Waals surface area contributed by atoms with Crippen molar-refractivity contribution in [1.29, 1.82) is 0 Å². The molecule has 0 spiro atoms. The molecule has 29 heavy (non-hydrogen) atoms. The van der Waals surface area contributed by atoms with E-state index in [2.05, 4.69) is 43.5 Å². The third kappa shape index (κ3) is 4.03. The summed E-state index contributed by atoms with van der Waals surface area (Å²) < 4.78 is 8.05. The number of aliphatic hydroxyl groups excluding tert-OH is 1. The van der Waals surface area contributed by atoms with Crippen LogP contribution in [0.5, 0.6) is 5.75 Å². The minimum atomic E-state index is -0.789. The van der Waals surface area contributed by atoms with E-state index in [-0.39, 0.29) is 0 Å². The first-order chi connectivity index (χ1) is 14.0. The largest absolute Gasteiger partial charge is 0.492 e. The molecular weight excluding hydrogens is 360 g/mol. The second-order valence-corrected chi connectivity index (χ2v) is 7.53. The molecule has 1 N–H and O–H groups in total. The third-order valence-corrected chi connectivity index (χ3v) is 5.33. The molecule has 4 nitrogen and oxygen atoms in total. The highest BCUT2D eigenvalue weighted by Gasteiger charge is 2.20. The first-order valence-corrected chi connectivity index (χ1v) is 9.93. The highest BCUT2D eigenvalue weighted by molar-refractivity contribution is 5.78. The minimum Gasteiger partial charge on any atom is -0.492 e. The summed E-state index contributed by atoms with van der Waals surface area (Å²) in [5.41, 5.74) is 6.32. The molecular formula is C25H26N2O2. The van der Waals surface area contributed by atoms with Gasteiger partial charge >= 0.3 is 0 Å². The van der Waals surface area contributed by atoms with Crippen LogP contribution in [0.2, 0.25) is 0 Å². The predicted molar refractivity (Wildman–Crippen MR) is 116 cm³/mol. The van der Waals surface area contributed by atoms with Gasteiger partial charge in [-0.25, -0.2) is 4.98 Å². The van der Waals surface area contributed by atoms with E-state index in [1.807, 2.05) is 48.5 Å². The number of rotatable bonds is 6. The molecule has 3 aromatic carbocycles. The van der Waals surface area contributed by atoms with Gasteiger partial charge in [-0.15, -0.1) is 0 Å². The maximum absolute atomic E-state index is 11.0. The molecule has 0 saturated carbocycles. The summed E-state index contributed by atoms with van der Waals surface area (Å²) in [6.45, 7) is 7.34. The van der Waals surface area contributed by atoms with Crippen LogP contribution in [0.1, 0.15) is 34.2 Å². The third-order valence-electron chi connectivity index (χ3n) is 5.33. The lowest BCUT2D eigenvalue weighted by Crippen LogP contribution is -2.14. The lowest BCUT2D eigenvalue weighted by atomic mass is 10.1. The van der Waals surface area contributed by atoms with E-state index in [9.17, 15) is 5.11 Å². The zero-order chi connectivity index (χ0) is 20.4. The van der Waals surface area contributed by atoms with Crippen LogP contribution in [0.4, 0.5) is 0 Å². The monoisotopic (exact) mass is 386 g/mol. The summed E-state index contributed by atoms with van der Waals surface area (Å²) in [6, 6.07) is 21.9. The van der Waals surface area contributed by atoms with E-state index in [1.165, 1.54) is 16.7 Å². The predicted octanol–water partition coefficient (Wildman–Crippen LogP) is 5.12. The van der Waals surface area contributed by atoms with Crippen LogP contribution in [0.3, 0.4) is 0 Å². The molecule has 0 aliphatic rings. The van der Waals surface area contributed by atoms with Crippen molar-refractivity contribution in [2.45, 2.75) is 33.4 Å². The lowest BCUT2D eigenvalue weighted by Gasteiger charge is -2.15. The van der Waals surface area contributed by atoms with Gasteiger partial charge in [0.2, 0.25) is 0 Å². The summed E-state index contributed by atoms with van der Waals surface area (Å²) in [7, 11) is 0. The summed E-state index contributed by atoms with van der Waals surface area (Å²) in [5.74, 6) is 1.50. The van der Waals surface area contributed by atoms with Crippen molar-refractivity contribution in [3.63, 3.8) is 0 Å². The molecule has 0 bridgehead atoms. The number of imidazole rings is 1. The van der Waals surface area contributed by atoms with Gasteiger partial charge in [-0.3, -0.25) is 0 Å². The quantitative estimate of drug-likeness (QED) is 0.500. The van der Waals surface area contributed by atoms with Crippen LogP contribution in [0.25, 0.3) is 11.0 Å². The average molecular weight is 386 g/mol. The Bertz CT molecular complexity index is 1130. The van der Waals surface area contributed by atoms with Crippen molar-refractivity contribution in [2.75, 3.05) is 6.61 Å². The Morgan fingerprint density at radius 1 is 0.931 bits per heavy atom. The highest BCUT2D eigenvalue weighted by atomic mass is 16.5. The number of nitrogens with zero attached hydrogens (tertiary/aromatic N) is 2. The molecule has 1 atom stereocenters. The van der Waals surface area contributed by atoms with Crippen molar-refractivity contribution >= 4 is 11.0 Å². The van der Waals surface area contributed by atoms with Gasteiger partial charge in [0.1, 0.15) is 24.3 Å². The van der Waals surface area contributed by atoms with Crippen LogP contribution in [-0.4, -0.2) is 21.3 Å². The summed E-state index contributed by atoms with van der Waals surface area (Å²) in [6.07, 6.45) is -0.789. The smallest absolute Gasteiger partial charge is 0.143 e. The fraction of sp³-hybridized carbons (Fsp3) is 0.240. The van der Waals surface area contributed by atoms with Gasteiger partial charge in [-0.05, 0) is 67.3 Å². The second-order valence-electron chi connectivity index (χ2n) is 7.53. The summed E-state index contributed by atoms with van der Waals surface area (Å²) >= 11 is 0. The van der Waals surface area contributed by atoms with Crippen LogP contribution in [-0.2, 0) is 6.54 Å². The number of ether oxygens (including phenoxy) is 1. The van der Waals surface area contributed by atoms with Crippen molar-refractivity contribution in [2.24, 2.45) is 0 Å². The summed E-state index contributed by atoms with van der Waals surface area (Å²) in [4.78, 5) is 4.79. The van der Waals surface area contributed by atoms with Crippen LogP contribution >= 0.6 is 0 Å². The molecule has 0 fully saturated rings. The van der Waals surface area contributed by atoms with E-state index in [1.54, 1.807) is 0 Å². The molecule has 4 rings (SSSR count). The molecule has 148 valence electrons. The van der Waals surface area contributed by atoms with Gasteiger partial charge in [0.05, 0.1) is 17.6 Å². The molecule has 1 unspecified atom stereocenters.